The zero-order valence-corrected chi connectivity index (χ0v) is 8.84. The highest BCUT2D eigenvalue weighted by atomic mass is 14.2. The van der Waals surface area contributed by atoms with Crippen LogP contribution in [0.2, 0.25) is 0 Å². The van der Waals surface area contributed by atoms with Gasteiger partial charge < -0.3 is 0 Å². The van der Waals surface area contributed by atoms with E-state index in [9.17, 15) is 0 Å². The largest absolute Gasteiger partial charge is 0.198 e. The third-order valence-corrected chi connectivity index (χ3v) is 1.55. The highest BCUT2D eigenvalue weighted by molar-refractivity contribution is 4.67. The molecule has 0 unspecified atom stereocenters. The Morgan fingerprint density at radius 1 is 0.846 bits per heavy atom. The van der Waals surface area contributed by atoms with Gasteiger partial charge in [0.1, 0.15) is 0 Å². The van der Waals surface area contributed by atoms with Crippen molar-refractivity contribution < 1.29 is 0 Å². The van der Waals surface area contributed by atoms with Crippen molar-refractivity contribution in [2.45, 2.75) is 58.8 Å². The molecule has 0 rings (SSSR count). The summed E-state index contributed by atoms with van der Waals surface area (Å²) in [7, 11) is 0. The highest BCUT2D eigenvalue weighted by Gasteiger charge is 1.85. The van der Waals surface area contributed by atoms with Gasteiger partial charge in [-0.1, -0.05) is 39.5 Å². The van der Waals surface area contributed by atoms with E-state index in [0.29, 0.717) is 6.42 Å². The summed E-state index contributed by atoms with van der Waals surface area (Å²) < 4.78 is 0. The molecule has 0 amide bonds. The molecule has 0 aliphatic carbocycles. The first-order valence-corrected chi connectivity index (χ1v) is 5.07. The normalized spacial score (nSPS) is 7.69. The molecule has 0 aromatic heterocycles. The average Bonchev–Trinajstić information content (AvgIpc) is 2.18. The first kappa shape index (κ1) is 14.5. The van der Waals surface area contributed by atoms with Crippen molar-refractivity contribution in [1.82, 2.24) is 0 Å². The van der Waals surface area contributed by atoms with Crippen molar-refractivity contribution in [3.8, 4) is 12.1 Å². The standard InChI is InChI=1S/C8H15N.C3H5N/c1-2-3-4-5-6-7-8-9;1-2-3-4/h2-7H2,1H3;2H2,1H3. The van der Waals surface area contributed by atoms with E-state index < -0.39 is 0 Å². The van der Waals surface area contributed by atoms with Gasteiger partial charge in [0.05, 0.1) is 12.1 Å². The Morgan fingerprint density at radius 3 is 1.77 bits per heavy atom. The van der Waals surface area contributed by atoms with Gasteiger partial charge in [0.15, 0.2) is 0 Å². The van der Waals surface area contributed by atoms with Crippen LogP contribution in [-0.2, 0) is 0 Å². The number of hydrogen-bond donors (Lipinski definition) is 0. The van der Waals surface area contributed by atoms with Crippen LogP contribution in [0.3, 0.4) is 0 Å². The number of nitriles is 2. The monoisotopic (exact) mass is 180 g/mol. The van der Waals surface area contributed by atoms with E-state index >= 15 is 0 Å². The molecule has 0 spiro atoms. The first-order chi connectivity index (χ1) is 6.33. The predicted molar refractivity (Wildman–Crippen MR) is 54.9 cm³/mol. The second kappa shape index (κ2) is 17.2. The van der Waals surface area contributed by atoms with Gasteiger partial charge in [-0.3, -0.25) is 0 Å². The van der Waals surface area contributed by atoms with Crippen LogP contribution in [-0.4, -0.2) is 0 Å². The van der Waals surface area contributed by atoms with Gasteiger partial charge in [-0.05, 0) is 6.42 Å². The minimum absolute atomic E-state index is 0.625. The molecule has 0 aromatic rings. The topological polar surface area (TPSA) is 47.6 Å². The maximum absolute atomic E-state index is 8.17. The summed E-state index contributed by atoms with van der Waals surface area (Å²) in [5, 5.41) is 15.8. The molecule has 0 aliphatic rings. The van der Waals surface area contributed by atoms with Crippen LogP contribution in [0.15, 0.2) is 0 Å². The van der Waals surface area contributed by atoms with E-state index in [1.807, 2.05) is 13.0 Å². The van der Waals surface area contributed by atoms with Crippen LogP contribution in [0.5, 0.6) is 0 Å². The van der Waals surface area contributed by atoms with Crippen LogP contribution in [0.25, 0.3) is 0 Å². The maximum atomic E-state index is 8.17. The van der Waals surface area contributed by atoms with Gasteiger partial charge in [0.2, 0.25) is 0 Å². The predicted octanol–water partition coefficient (Wildman–Crippen LogP) is 3.79. The summed E-state index contributed by atoms with van der Waals surface area (Å²) in [6.07, 6.45) is 7.61. The summed E-state index contributed by atoms with van der Waals surface area (Å²) in [5.74, 6) is 0. The van der Waals surface area contributed by atoms with E-state index in [-0.39, 0.29) is 0 Å². The minimum atomic E-state index is 0.625. The van der Waals surface area contributed by atoms with E-state index in [0.717, 1.165) is 12.8 Å². The van der Waals surface area contributed by atoms with E-state index in [1.165, 1.54) is 25.7 Å². The van der Waals surface area contributed by atoms with Gasteiger partial charge in [-0.25, -0.2) is 0 Å². The van der Waals surface area contributed by atoms with E-state index in [1.54, 1.807) is 0 Å². The lowest BCUT2D eigenvalue weighted by Gasteiger charge is -1.92. The lowest BCUT2D eigenvalue weighted by Crippen LogP contribution is -1.75. The summed E-state index contributed by atoms with van der Waals surface area (Å²) in [6, 6.07) is 4.08. The number of unbranched alkanes of at least 4 members (excludes halogenated alkanes) is 5. The minimum Gasteiger partial charge on any atom is -0.198 e. The zero-order valence-electron chi connectivity index (χ0n) is 8.84. The summed E-state index contributed by atoms with van der Waals surface area (Å²) in [6.45, 7) is 4.02. The molecule has 74 valence electrons. The number of rotatable bonds is 5. The molecule has 0 atom stereocenters. The van der Waals surface area contributed by atoms with Crippen molar-refractivity contribution in [3.63, 3.8) is 0 Å². The fourth-order valence-electron chi connectivity index (χ4n) is 0.808. The lowest BCUT2D eigenvalue weighted by molar-refractivity contribution is 0.640. The van der Waals surface area contributed by atoms with Gasteiger partial charge in [0.25, 0.3) is 0 Å². The lowest BCUT2D eigenvalue weighted by atomic mass is 10.1. The molecule has 2 nitrogen and oxygen atoms in total. The van der Waals surface area contributed by atoms with Crippen molar-refractivity contribution in [1.29, 1.82) is 10.5 Å². The van der Waals surface area contributed by atoms with Crippen molar-refractivity contribution in [2.75, 3.05) is 0 Å². The second-order valence-electron chi connectivity index (χ2n) is 2.83. The Kier molecular flexibility index (Phi) is 19.2. The molecule has 0 heterocycles. The SMILES string of the molecule is CCC#N.CCCCCCCC#N. The Morgan fingerprint density at radius 2 is 1.38 bits per heavy atom. The quantitative estimate of drug-likeness (QED) is 0.604. The van der Waals surface area contributed by atoms with E-state index in [4.69, 9.17) is 10.5 Å². The molecular formula is C11H20N2. The maximum Gasteiger partial charge on any atom is 0.0621 e. The van der Waals surface area contributed by atoms with Crippen LogP contribution < -0.4 is 0 Å². The first-order valence-electron chi connectivity index (χ1n) is 5.07. The van der Waals surface area contributed by atoms with Crippen molar-refractivity contribution in [3.05, 3.63) is 0 Å². The van der Waals surface area contributed by atoms with Crippen LogP contribution in [0.4, 0.5) is 0 Å². The van der Waals surface area contributed by atoms with E-state index in [2.05, 4.69) is 13.0 Å². The molecule has 0 bridgehead atoms. The third-order valence-electron chi connectivity index (χ3n) is 1.55. The van der Waals surface area contributed by atoms with Crippen molar-refractivity contribution in [2.24, 2.45) is 0 Å². The molecule has 0 radical (unpaired) electrons. The summed E-state index contributed by atoms with van der Waals surface area (Å²) >= 11 is 0. The average molecular weight is 180 g/mol. The van der Waals surface area contributed by atoms with Crippen LogP contribution in [0.1, 0.15) is 58.8 Å². The van der Waals surface area contributed by atoms with Crippen LogP contribution >= 0.6 is 0 Å². The second-order valence-corrected chi connectivity index (χ2v) is 2.83. The van der Waals surface area contributed by atoms with Gasteiger partial charge in [0, 0.05) is 12.8 Å². The molecule has 0 aliphatic heterocycles. The molecule has 0 aromatic carbocycles. The fourth-order valence-corrected chi connectivity index (χ4v) is 0.808. The molecule has 13 heavy (non-hydrogen) atoms. The fraction of sp³-hybridized carbons (Fsp3) is 0.818. The summed E-state index contributed by atoms with van der Waals surface area (Å²) in [4.78, 5) is 0. The smallest absolute Gasteiger partial charge is 0.0621 e. The summed E-state index contributed by atoms with van der Waals surface area (Å²) in [5.41, 5.74) is 0. The number of nitrogens with zero attached hydrogens (tertiary/aromatic N) is 2. The molecular weight excluding hydrogens is 160 g/mol. The molecule has 0 fully saturated rings. The zero-order chi connectivity index (χ0) is 10.4. The Bertz CT molecular complexity index is 150. The Balaban J connectivity index is 0. The highest BCUT2D eigenvalue weighted by Crippen LogP contribution is 2.03. The van der Waals surface area contributed by atoms with Gasteiger partial charge >= 0.3 is 0 Å². The van der Waals surface area contributed by atoms with Crippen LogP contribution in [0, 0.1) is 22.7 Å². The Hall–Kier alpha value is -1.02. The molecule has 0 saturated carbocycles. The van der Waals surface area contributed by atoms with Crippen molar-refractivity contribution >= 4 is 0 Å². The third kappa shape index (κ3) is 24.8. The van der Waals surface area contributed by atoms with Gasteiger partial charge in [-0.2, -0.15) is 10.5 Å². The van der Waals surface area contributed by atoms with Gasteiger partial charge in [-0.15, -0.1) is 0 Å². The molecule has 0 N–H and O–H groups in total. The number of hydrogen-bond acceptors (Lipinski definition) is 2. The molecule has 0 saturated heterocycles. The molecule has 2 heteroatoms. The Labute approximate surface area is 82.2 Å².